The van der Waals surface area contributed by atoms with Gasteiger partial charge in [-0.25, -0.2) is 9.98 Å². The van der Waals surface area contributed by atoms with E-state index >= 15 is 0 Å². The monoisotopic (exact) mass is 249 g/mol. The molecule has 0 aliphatic carbocycles. The summed E-state index contributed by atoms with van der Waals surface area (Å²) in [6.07, 6.45) is 1.51. The number of nitriles is 2. The van der Waals surface area contributed by atoms with Gasteiger partial charge in [0.15, 0.2) is 11.4 Å². The Morgan fingerprint density at radius 3 is 2.42 bits per heavy atom. The molecule has 0 spiro atoms. The van der Waals surface area contributed by atoms with Gasteiger partial charge in [0.2, 0.25) is 0 Å². The molecule has 5 nitrogen and oxygen atoms in total. The van der Waals surface area contributed by atoms with Crippen LogP contribution in [0.3, 0.4) is 0 Å². The third-order valence-electron chi connectivity index (χ3n) is 2.66. The van der Waals surface area contributed by atoms with Crippen LogP contribution >= 0.6 is 0 Å². The summed E-state index contributed by atoms with van der Waals surface area (Å²) in [4.78, 5) is 8.29. The molecule has 0 bridgehead atoms. The lowest BCUT2D eigenvalue weighted by molar-refractivity contribution is 1.03. The van der Waals surface area contributed by atoms with Crippen LogP contribution in [0.4, 0.5) is 5.69 Å². The van der Waals surface area contributed by atoms with Crippen molar-refractivity contribution in [1.82, 2.24) is 9.55 Å². The average Bonchev–Trinajstić information content (AvgIpc) is 2.73. The van der Waals surface area contributed by atoms with Gasteiger partial charge in [-0.1, -0.05) is 17.7 Å². The second-order valence-corrected chi connectivity index (χ2v) is 4.03. The van der Waals surface area contributed by atoms with E-state index in [-0.39, 0.29) is 11.4 Å². The van der Waals surface area contributed by atoms with Crippen molar-refractivity contribution in [2.24, 2.45) is 4.99 Å². The first kappa shape index (κ1) is 12.5. The third-order valence-corrected chi connectivity index (χ3v) is 2.66. The molecular weight excluding hydrogens is 238 g/mol. The molecule has 1 aromatic heterocycles. The third kappa shape index (κ3) is 2.51. The topological polar surface area (TPSA) is 77.8 Å². The molecule has 92 valence electrons. The van der Waals surface area contributed by atoms with E-state index in [4.69, 9.17) is 10.5 Å². The summed E-state index contributed by atoms with van der Waals surface area (Å²) < 4.78 is 1.51. The van der Waals surface area contributed by atoms with Gasteiger partial charge in [0.1, 0.15) is 24.3 Å². The van der Waals surface area contributed by atoms with Crippen LogP contribution in [-0.2, 0) is 0 Å². The highest BCUT2D eigenvalue weighted by Gasteiger charge is 2.12. The summed E-state index contributed by atoms with van der Waals surface area (Å²) in [5, 5.41) is 17.9. The number of nitrogens with zero attached hydrogens (tertiary/aromatic N) is 5. The Morgan fingerprint density at radius 1 is 1.16 bits per heavy atom. The number of rotatable bonds is 2. The van der Waals surface area contributed by atoms with Gasteiger partial charge in [0.05, 0.1) is 5.69 Å². The van der Waals surface area contributed by atoms with E-state index in [1.54, 1.807) is 6.92 Å². The van der Waals surface area contributed by atoms with Crippen LogP contribution in [0.5, 0.6) is 0 Å². The van der Waals surface area contributed by atoms with Crippen LogP contribution in [0.1, 0.15) is 22.8 Å². The molecular formula is C14H11N5. The minimum Gasteiger partial charge on any atom is -0.277 e. The highest BCUT2D eigenvalue weighted by Crippen LogP contribution is 2.13. The molecule has 0 radical (unpaired) electrons. The number of imidazole rings is 1. The second kappa shape index (κ2) is 5.16. The van der Waals surface area contributed by atoms with Gasteiger partial charge in [-0.2, -0.15) is 10.5 Å². The van der Waals surface area contributed by atoms with Crippen LogP contribution in [0, 0.1) is 36.5 Å². The van der Waals surface area contributed by atoms with E-state index in [0.29, 0.717) is 5.82 Å². The molecule has 0 fully saturated rings. The highest BCUT2D eigenvalue weighted by atomic mass is 15.1. The second-order valence-electron chi connectivity index (χ2n) is 4.03. The molecule has 0 saturated carbocycles. The van der Waals surface area contributed by atoms with Crippen LogP contribution in [0.25, 0.3) is 0 Å². The van der Waals surface area contributed by atoms with Crippen molar-refractivity contribution in [3.63, 3.8) is 0 Å². The predicted octanol–water partition coefficient (Wildman–Crippen LogP) is 2.45. The van der Waals surface area contributed by atoms with Gasteiger partial charge in [0, 0.05) is 0 Å². The molecule has 0 amide bonds. The molecule has 1 aromatic carbocycles. The average molecular weight is 249 g/mol. The Bertz CT molecular complexity index is 708. The van der Waals surface area contributed by atoms with Crippen LogP contribution in [0.2, 0.25) is 0 Å². The smallest absolute Gasteiger partial charge is 0.177 e. The summed E-state index contributed by atoms with van der Waals surface area (Å²) in [5.41, 5.74) is 2.26. The molecule has 0 unspecified atom stereocenters. The SMILES string of the molecule is Cc1ccc(N=Cn2c(C)nc(C#N)c2C#N)cc1. The largest absolute Gasteiger partial charge is 0.277 e. The molecule has 0 saturated heterocycles. The van der Waals surface area contributed by atoms with Gasteiger partial charge >= 0.3 is 0 Å². The Kier molecular flexibility index (Phi) is 3.40. The number of hydrogen-bond acceptors (Lipinski definition) is 4. The van der Waals surface area contributed by atoms with Crippen LogP contribution in [0.15, 0.2) is 29.3 Å². The van der Waals surface area contributed by atoms with Gasteiger partial charge in [-0.3, -0.25) is 4.57 Å². The minimum absolute atomic E-state index is 0.121. The number of hydrogen-bond donors (Lipinski definition) is 0. The standard InChI is InChI=1S/C14H11N5/c1-10-3-5-12(6-4-10)17-9-19-11(2)18-13(7-15)14(19)8-16/h3-6,9H,1-2H3. The molecule has 1 heterocycles. The molecule has 19 heavy (non-hydrogen) atoms. The highest BCUT2D eigenvalue weighted by molar-refractivity contribution is 5.67. The quantitative estimate of drug-likeness (QED) is 0.605. The molecule has 0 aliphatic heterocycles. The van der Waals surface area contributed by atoms with Gasteiger partial charge in [0.25, 0.3) is 0 Å². The molecule has 2 aromatic rings. The molecule has 2 rings (SSSR count). The van der Waals surface area contributed by atoms with Gasteiger partial charge < -0.3 is 0 Å². The predicted molar refractivity (Wildman–Crippen MR) is 71.1 cm³/mol. The first-order valence-corrected chi connectivity index (χ1v) is 5.65. The maximum Gasteiger partial charge on any atom is 0.177 e. The molecule has 5 heteroatoms. The number of benzene rings is 1. The van der Waals surface area contributed by atoms with Gasteiger partial charge in [-0.05, 0) is 26.0 Å². The van der Waals surface area contributed by atoms with E-state index in [1.165, 1.54) is 10.9 Å². The first-order valence-electron chi connectivity index (χ1n) is 5.65. The zero-order chi connectivity index (χ0) is 13.8. The molecule has 0 atom stereocenters. The molecule has 0 N–H and O–H groups in total. The van der Waals surface area contributed by atoms with E-state index in [9.17, 15) is 0 Å². The normalized spacial score (nSPS) is 10.3. The Labute approximate surface area is 111 Å². The summed E-state index contributed by atoms with van der Waals surface area (Å²) in [7, 11) is 0. The Morgan fingerprint density at radius 2 is 1.84 bits per heavy atom. The fraction of sp³-hybridized carbons (Fsp3) is 0.143. The van der Waals surface area contributed by atoms with Crippen molar-refractivity contribution in [3.8, 4) is 12.1 Å². The van der Waals surface area contributed by atoms with E-state index in [1.807, 2.05) is 43.3 Å². The van der Waals surface area contributed by atoms with Crippen molar-refractivity contribution in [1.29, 1.82) is 10.5 Å². The lowest BCUT2D eigenvalue weighted by Gasteiger charge is -1.98. The zero-order valence-corrected chi connectivity index (χ0v) is 10.6. The maximum absolute atomic E-state index is 9.05. The van der Waals surface area contributed by atoms with E-state index < -0.39 is 0 Å². The summed E-state index contributed by atoms with van der Waals surface area (Å²) in [6.45, 7) is 3.73. The van der Waals surface area contributed by atoms with Crippen molar-refractivity contribution in [2.45, 2.75) is 13.8 Å². The zero-order valence-electron chi connectivity index (χ0n) is 10.6. The van der Waals surface area contributed by atoms with Crippen LogP contribution in [-0.4, -0.2) is 15.9 Å². The first-order chi connectivity index (χ1) is 9.15. The van der Waals surface area contributed by atoms with Crippen molar-refractivity contribution < 1.29 is 0 Å². The van der Waals surface area contributed by atoms with Crippen molar-refractivity contribution in [2.75, 3.05) is 0 Å². The van der Waals surface area contributed by atoms with Crippen LogP contribution < -0.4 is 0 Å². The van der Waals surface area contributed by atoms with Gasteiger partial charge in [-0.15, -0.1) is 0 Å². The van der Waals surface area contributed by atoms with Crippen molar-refractivity contribution in [3.05, 3.63) is 47.0 Å². The summed E-state index contributed by atoms with van der Waals surface area (Å²) >= 11 is 0. The Hall–Kier alpha value is -2.92. The van der Waals surface area contributed by atoms with Crippen molar-refractivity contribution >= 4 is 12.0 Å². The summed E-state index contributed by atoms with van der Waals surface area (Å²) in [6, 6.07) is 11.5. The minimum atomic E-state index is 0.121. The number of aryl methyl sites for hydroxylation is 2. The fourth-order valence-corrected chi connectivity index (χ4v) is 1.63. The lowest BCUT2D eigenvalue weighted by atomic mass is 10.2. The maximum atomic E-state index is 9.05. The molecule has 0 aliphatic rings. The fourth-order valence-electron chi connectivity index (χ4n) is 1.63. The Balaban J connectivity index is 2.39. The number of aromatic nitrogens is 2. The lowest BCUT2D eigenvalue weighted by Crippen LogP contribution is -2.01. The number of aliphatic imine (C=N–C) groups is 1. The van der Waals surface area contributed by atoms with E-state index in [2.05, 4.69) is 9.98 Å². The summed E-state index contributed by atoms with van der Waals surface area (Å²) in [5.74, 6) is 0.559. The van der Waals surface area contributed by atoms with E-state index in [0.717, 1.165) is 11.3 Å².